The second-order valence-electron chi connectivity index (χ2n) is 3.68. The van der Waals surface area contributed by atoms with Crippen molar-refractivity contribution in [2.45, 2.75) is 5.75 Å². The lowest BCUT2D eigenvalue weighted by Crippen LogP contribution is -1.95. The van der Waals surface area contributed by atoms with Crippen LogP contribution in [0, 0.1) is 11.3 Å². The molecule has 2 aromatic carbocycles. The molecule has 0 spiro atoms. The van der Waals surface area contributed by atoms with E-state index < -0.39 is 0 Å². The number of nitriles is 1. The molecule has 0 saturated carbocycles. The van der Waals surface area contributed by atoms with E-state index in [0.29, 0.717) is 5.71 Å². The second kappa shape index (κ2) is 6.63. The minimum atomic E-state index is 0.469. The monoisotopic (exact) mass is 252 g/mol. The Morgan fingerprint density at radius 1 is 1.00 bits per heavy atom. The maximum Gasteiger partial charge on any atom is 0.155 e. The van der Waals surface area contributed by atoms with Crippen LogP contribution in [-0.4, -0.2) is 5.71 Å². The molecule has 0 fully saturated rings. The average molecular weight is 252 g/mol. The highest BCUT2D eigenvalue weighted by Crippen LogP contribution is 2.14. The first kappa shape index (κ1) is 12.4. The van der Waals surface area contributed by atoms with Crippen LogP contribution in [0.3, 0.4) is 0 Å². The van der Waals surface area contributed by atoms with Crippen molar-refractivity contribution in [3.05, 3.63) is 71.8 Å². The molecule has 88 valence electrons. The number of hydrogen-bond donors (Lipinski definition) is 0. The van der Waals surface area contributed by atoms with Crippen LogP contribution in [-0.2, 0) is 5.75 Å². The molecule has 0 amide bonds. The fourth-order valence-electron chi connectivity index (χ4n) is 1.48. The molecular weight excluding hydrogens is 240 g/mol. The van der Waals surface area contributed by atoms with E-state index in [1.165, 1.54) is 17.5 Å². The topological polar surface area (TPSA) is 36.1 Å². The summed E-state index contributed by atoms with van der Waals surface area (Å²) in [6, 6.07) is 21.8. The molecule has 0 aliphatic heterocycles. The van der Waals surface area contributed by atoms with Gasteiger partial charge in [0.1, 0.15) is 6.07 Å². The molecule has 0 aromatic heterocycles. The molecule has 0 aliphatic rings. The van der Waals surface area contributed by atoms with Crippen molar-refractivity contribution in [3.8, 4) is 6.07 Å². The maximum atomic E-state index is 9.08. The Kier molecular flexibility index (Phi) is 4.57. The van der Waals surface area contributed by atoms with E-state index >= 15 is 0 Å². The molecule has 0 radical (unpaired) electrons. The zero-order valence-electron chi connectivity index (χ0n) is 9.78. The SMILES string of the molecule is N#C/C(=N\SCc1ccccc1)c1ccccc1. The van der Waals surface area contributed by atoms with Gasteiger partial charge in [-0.2, -0.15) is 5.26 Å². The van der Waals surface area contributed by atoms with E-state index in [9.17, 15) is 0 Å². The van der Waals surface area contributed by atoms with Crippen LogP contribution in [0.25, 0.3) is 0 Å². The van der Waals surface area contributed by atoms with Crippen molar-refractivity contribution in [1.82, 2.24) is 0 Å². The van der Waals surface area contributed by atoms with Crippen LogP contribution in [0.2, 0.25) is 0 Å². The Morgan fingerprint density at radius 3 is 2.22 bits per heavy atom. The summed E-state index contributed by atoms with van der Waals surface area (Å²) in [5.41, 5.74) is 2.54. The Labute approximate surface area is 111 Å². The molecule has 0 unspecified atom stereocenters. The highest BCUT2D eigenvalue weighted by molar-refractivity contribution is 7.97. The summed E-state index contributed by atoms with van der Waals surface area (Å²) < 4.78 is 4.28. The van der Waals surface area contributed by atoms with Crippen LogP contribution in [0.5, 0.6) is 0 Å². The summed E-state index contributed by atoms with van der Waals surface area (Å²) in [5.74, 6) is 0.777. The van der Waals surface area contributed by atoms with Crippen molar-refractivity contribution >= 4 is 17.7 Å². The van der Waals surface area contributed by atoms with E-state index in [4.69, 9.17) is 5.26 Å². The van der Waals surface area contributed by atoms with Crippen LogP contribution in [0.4, 0.5) is 0 Å². The Balaban J connectivity index is 2.02. The van der Waals surface area contributed by atoms with Crippen molar-refractivity contribution in [3.63, 3.8) is 0 Å². The van der Waals surface area contributed by atoms with E-state index in [2.05, 4.69) is 22.6 Å². The molecule has 0 bridgehead atoms. The van der Waals surface area contributed by atoms with Gasteiger partial charge in [0, 0.05) is 11.3 Å². The van der Waals surface area contributed by atoms with E-state index in [1.807, 2.05) is 48.5 Å². The number of benzene rings is 2. The summed E-state index contributed by atoms with van der Waals surface area (Å²) in [5, 5.41) is 9.08. The van der Waals surface area contributed by atoms with E-state index in [1.54, 1.807) is 0 Å². The van der Waals surface area contributed by atoms with Gasteiger partial charge in [-0.15, -0.1) is 0 Å². The quantitative estimate of drug-likeness (QED) is 0.612. The number of hydrogen-bond acceptors (Lipinski definition) is 3. The standard InChI is InChI=1S/C15H12N2S/c16-11-15(14-9-5-2-6-10-14)17-18-12-13-7-3-1-4-8-13/h1-10H,12H2/b17-15+. The summed E-state index contributed by atoms with van der Waals surface area (Å²) in [6.07, 6.45) is 0. The van der Waals surface area contributed by atoms with Gasteiger partial charge in [0.05, 0.1) is 0 Å². The lowest BCUT2D eigenvalue weighted by atomic mass is 10.1. The van der Waals surface area contributed by atoms with Crippen LogP contribution >= 0.6 is 11.9 Å². The van der Waals surface area contributed by atoms with Gasteiger partial charge in [0.25, 0.3) is 0 Å². The molecule has 0 saturated heterocycles. The Bertz CT molecular complexity index is 556. The van der Waals surface area contributed by atoms with Crippen molar-refractivity contribution < 1.29 is 0 Å². The number of rotatable bonds is 4. The average Bonchev–Trinajstić information content (AvgIpc) is 2.46. The van der Waals surface area contributed by atoms with Crippen molar-refractivity contribution in [2.75, 3.05) is 0 Å². The third-order valence-corrected chi connectivity index (χ3v) is 3.16. The minimum absolute atomic E-state index is 0.469. The lowest BCUT2D eigenvalue weighted by molar-refractivity contribution is 1.41. The lowest BCUT2D eigenvalue weighted by Gasteiger charge is -1.98. The third-order valence-electron chi connectivity index (χ3n) is 2.38. The van der Waals surface area contributed by atoms with Gasteiger partial charge in [-0.05, 0) is 17.5 Å². The predicted octanol–water partition coefficient (Wildman–Crippen LogP) is 3.85. The first-order chi connectivity index (χ1) is 8.90. The Hall–Kier alpha value is -2.05. The zero-order chi connectivity index (χ0) is 12.6. The largest absolute Gasteiger partial charge is 0.204 e. The summed E-state index contributed by atoms with van der Waals surface area (Å²) in [7, 11) is 0. The smallest absolute Gasteiger partial charge is 0.155 e. The maximum absolute atomic E-state index is 9.08. The van der Waals surface area contributed by atoms with E-state index in [-0.39, 0.29) is 0 Å². The molecular formula is C15H12N2S. The molecule has 18 heavy (non-hydrogen) atoms. The molecule has 0 N–H and O–H groups in total. The first-order valence-corrected chi connectivity index (χ1v) is 6.54. The van der Waals surface area contributed by atoms with Gasteiger partial charge in [-0.1, -0.05) is 60.7 Å². The fraction of sp³-hybridized carbons (Fsp3) is 0.0667. The van der Waals surface area contributed by atoms with Gasteiger partial charge >= 0.3 is 0 Å². The van der Waals surface area contributed by atoms with Gasteiger partial charge in [0.15, 0.2) is 5.71 Å². The van der Waals surface area contributed by atoms with Gasteiger partial charge in [-0.3, -0.25) is 0 Å². The second-order valence-corrected chi connectivity index (χ2v) is 4.41. The summed E-state index contributed by atoms with van der Waals surface area (Å²) >= 11 is 1.40. The van der Waals surface area contributed by atoms with Crippen LogP contribution in [0.15, 0.2) is 65.1 Å². The molecule has 0 atom stereocenters. The predicted molar refractivity (Wildman–Crippen MR) is 76.3 cm³/mol. The van der Waals surface area contributed by atoms with Crippen LogP contribution in [0.1, 0.15) is 11.1 Å². The molecule has 2 nitrogen and oxygen atoms in total. The molecule has 2 aromatic rings. The highest BCUT2D eigenvalue weighted by atomic mass is 32.2. The van der Waals surface area contributed by atoms with Gasteiger partial charge < -0.3 is 0 Å². The van der Waals surface area contributed by atoms with Gasteiger partial charge in [0.2, 0.25) is 0 Å². The molecule has 3 heteroatoms. The minimum Gasteiger partial charge on any atom is -0.204 e. The van der Waals surface area contributed by atoms with Crippen molar-refractivity contribution in [1.29, 1.82) is 5.26 Å². The van der Waals surface area contributed by atoms with Crippen molar-refractivity contribution in [2.24, 2.45) is 4.40 Å². The van der Waals surface area contributed by atoms with E-state index in [0.717, 1.165) is 11.3 Å². The highest BCUT2D eigenvalue weighted by Gasteiger charge is 2.01. The number of nitrogens with zero attached hydrogens (tertiary/aromatic N) is 2. The summed E-state index contributed by atoms with van der Waals surface area (Å²) in [4.78, 5) is 0. The zero-order valence-corrected chi connectivity index (χ0v) is 10.6. The first-order valence-electron chi connectivity index (χ1n) is 5.59. The Morgan fingerprint density at radius 2 is 1.61 bits per heavy atom. The molecule has 2 rings (SSSR count). The normalized spacial score (nSPS) is 10.9. The van der Waals surface area contributed by atoms with Gasteiger partial charge in [-0.25, -0.2) is 4.40 Å². The molecule has 0 aliphatic carbocycles. The molecule has 0 heterocycles. The summed E-state index contributed by atoms with van der Waals surface area (Å²) in [6.45, 7) is 0. The third kappa shape index (κ3) is 3.47. The van der Waals surface area contributed by atoms with Crippen LogP contribution < -0.4 is 0 Å². The fourth-order valence-corrected chi connectivity index (χ4v) is 2.16.